The van der Waals surface area contributed by atoms with Crippen LogP contribution < -0.4 is 10.6 Å². The highest BCUT2D eigenvalue weighted by Crippen LogP contribution is 2.07. The summed E-state index contributed by atoms with van der Waals surface area (Å²) in [6.07, 6.45) is 0.304. The summed E-state index contributed by atoms with van der Waals surface area (Å²) in [5.74, 6) is 0. The van der Waals surface area contributed by atoms with Crippen LogP contribution in [0.1, 0.15) is 10.7 Å². The summed E-state index contributed by atoms with van der Waals surface area (Å²) >= 11 is 1.70. The quantitative estimate of drug-likeness (QED) is 0.787. The van der Waals surface area contributed by atoms with E-state index in [2.05, 4.69) is 21.0 Å². The number of morpholine rings is 1. The van der Waals surface area contributed by atoms with Crippen molar-refractivity contribution >= 4 is 11.3 Å². The minimum Gasteiger partial charge on any atom is -0.374 e. The fraction of sp³-hybridized carbons (Fsp3) is 0.700. The third kappa shape index (κ3) is 3.53. The van der Waals surface area contributed by atoms with Gasteiger partial charge in [-0.2, -0.15) is 0 Å². The van der Waals surface area contributed by atoms with E-state index in [4.69, 9.17) is 4.74 Å². The molecule has 0 saturated carbocycles. The predicted molar refractivity (Wildman–Crippen MR) is 61.2 cm³/mol. The molecule has 84 valence electrons. The molecule has 1 aromatic rings. The van der Waals surface area contributed by atoms with Crippen LogP contribution in [0.4, 0.5) is 0 Å². The molecule has 0 aliphatic carbocycles. The van der Waals surface area contributed by atoms with Crippen LogP contribution in [-0.2, 0) is 11.3 Å². The van der Waals surface area contributed by atoms with Gasteiger partial charge in [0.05, 0.1) is 23.4 Å². The van der Waals surface area contributed by atoms with Gasteiger partial charge in [0.1, 0.15) is 0 Å². The molecule has 1 saturated heterocycles. The zero-order valence-electron chi connectivity index (χ0n) is 8.95. The maximum Gasteiger partial charge on any atom is 0.0897 e. The molecule has 1 fully saturated rings. The number of ether oxygens (including phenoxy) is 1. The molecule has 4 nitrogen and oxygen atoms in total. The van der Waals surface area contributed by atoms with Gasteiger partial charge in [-0.15, -0.1) is 11.3 Å². The summed E-state index contributed by atoms with van der Waals surface area (Å²) in [5.41, 5.74) is 1.13. The Hall–Kier alpha value is -0.490. The van der Waals surface area contributed by atoms with Gasteiger partial charge in [-0.1, -0.05) is 0 Å². The second-order valence-corrected chi connectivity index (χ2v) is 4.75. The molecule has 1 atom stereocenters. The largest absolute Gasteiger partial charge is 0.374 e. The first-order valence-corrected chi connectivity index (χ1v) is 6.16. The SMILES string of the molecule is Cc1nc(CNCC2CNCCO2)cs1. The van der Waals surface area contributed by atoms with E-state index in [9.17, 15) is 0 Å². The summed E-state index contributed by atoms with van der Waals surface area (Å²) in [5, 5.41) is 9.90. The van der Waals surface area contributed by atoms with Crippen LogP contribution in [0.3, 0.4) is 0 Å². The number of nitrogens with one attached hydrogen (secondary N) is 2. The molecule has 2 rings (SSSR count). The van der Waals surface area contributed by atoms with Crippen LogP contribution in [-0.4, -0.2) is 37.3 Å². The lowest BCUT2D eigenvalue weighted by molar-refractivity contribution is 0.0290. The highest BCUT2D eigenvalue weighted by atomic mass is 32.1. The van der Waals surface area contributed by atoms with Gasteiger partial charge in [0, 0.05) is 31.6 Å². The Labute approximate surface area is 94.1 Å². The van der Waals surface area contributed by atoms with Gasteiger partial charge in [0.15, 0.2) is 0 Å². The van der Waals surface area contributed by atoms with Crippen molar-refractivity contribution in [2.45, 2.75) is 19.6 Å². The third-order valence-electron chi connectivity index (χ3n) is 2.35. The van der Waals surface area contributed by atoms with Crippen LogP contribution in [0, 0.1) is 6.92 Å². The number of rotatable bonds is 4. The number of aromatic nitrogens is 1. The van der Waals surface area contributed by atoms with Crippen LogP contribution >= 0.6 is 11.3 Å². The maximum atomic E-state index is 5.58. The van der Waals surface area contributed by atoms with Crippen LogP contribution in [0.25, 0.3) is 0 Å². The number of aryl methyl sites for hydroxylation is 1. The average molecular weight is 227 g/mol. The lowest BCUT2D eigenvalue weighted by Crippen LogP contribution is -2.43. The summed E-state index contributed by atoms with van der Waals surface area (Å²) in [6.45, 7) is 6.50. The molecule has 1 unspecified atom stereocenters. The molecular formula is C10H17N3OS. The second kappa shape index (κ2) is 5.55. The summed E-state index contributed by atoms with van der Waals surface area (Å²) in [6, 6.07) is 0. The summed E-state index contributed by atoms with van der Waals surface area (Å²) < 4.78 is 5.58. The Kier molecular flexibility index (Phi) is 4.08. The van der Waals surface area contributed by atoms with Crippen molar-refractivity contribution in [2.24, 2.45) is 0 Å². The molecule has 1 aliphatic heterocycles. The Bertz CT molecular complexity index is 297. The van der Waals surface area contributed by atoms with E-state index in [1.54, 1.807) is 11.3 Å². The first-order valence-electron chi connectivity index (χ1n) is 5.28. The molecule has 2 N–H and O–H groups in total. The minimum atomic E-state index is 0.304. The van der Waals surface area contributed by atoms with E-state index in [1.165, 1.54) is 0 Å². The molecule has 1 aliphatic rings. The minimum absolute atomic E-state index is 0.304. The van der Waals surface area contributed by atoms with Crippen LogP contribution in [0.15, 0.2) is 5.38 Å². The normalized spacial score (nSPS) is 21.8. The van der Waals surface area contributed by atoms with E-state index in [0.717, 1.165) is 43.5 Å². The first-order chi connectivity index (χ1) is 7.34. The molecule has 0 radical (unpaired) electrons. The topological polar surface area (TPSA) is 46.2 Å². The highest BCUT2D eigenvalue weighted by Gasteiger charge is 2.12. The van der Waals surface area contributed by atoms with Crippen LogP contribution in [0.2, 0.25) is 0 Å². The highest BCUT2D eigenvalue weighted by molar-refractivity contribution is 7.09. The Balaban J connectivity index is 1.65. The summed E-state index contributed by atoms with van der Waals surface area (Å²) in [4.78, 5) is 4.39. The van der Waals surface area contributed by atoms with Gasteiger partial charge in [-0.05, 0) is 6.92 Å². The third-order valence-corrected chi connectivity index (χ3v) is 3.17. The van der Waals surface area contributed by atoms with Crippen molar-refractivity contribution in [2.75, 3.05) is 26.2 Å². The maximum absolute atomic E-state index is 5.58. The number of hydrogen-bond acceptors (Lipinski definition) is 5. The first kappa shape index (κ1) is 11.0. The monoisotopic (exact) mass is 227 g/mol. The van der Waals surface area contributed by atoms with Crippen molar-refractivity contribution in [1.29, 1.82) is 0 Å². The van der Waals surface area contributed by atoms with Crippen LogP contribution in [0.5, 0.6) is 0 Å². The Morgan fingerprint density at radius 2 is 2.67 bits per heavy atom. The Morgan fingerprint density at radius 1 is 1.73 bits per heavy atom. The van der Waals surface area contributed by atoms with Crippen molar-refractivity contribution in [3.05, 3.63) is 16.1 Å². The second-order valence-electron chi connectivity index (χ2n) is 3.69. The smallest absolute Gasteiger partial charge is 0.0897 e. The molecule has 0 spiro atoms. The van der Waals surface area contributed by atoms with Gasteiger partial charge in [-0.3, -0.25) is 0 Å². The molecule has 2 heterocycles. The molecule has 0 amide bonds. The lowest BCUT2D eigenvalue weighted by atomic mass is 10.3. The predicted octanol–water partition coefficient (Wildman–Crippen LogP) is 0.530. The van der Waals surface area contributed by atoms with Gasteiger partial charge >= 0.3 is 0 Å². The molecule has 15 heavy (non-hydrogen) atoms. The van der Waals surface area contributed by atoms with Gasteiger partial charge in [-0.25, -0.2) is 4.98 Å². The van der Waals surface area contributed by atoms with E-state index in [-0.39, 0.29) is 0 Å². The van der Waals surface area contributed by atoms with E-state index in [0.29, 0.717) is 6.10 Å². The molecule has 5 heteroatoms. The lowest BCUT2D eigenvalue weighted by Gasteiger charge is -2.23. The number of thiazole rings is 1. The molecule has 1 aromatic heterocycles. The fourth-order valence-corrected chi connectivity index (χ4v) is 2.21. The fourth-order valence-electron chi connectivity index (χ4n) is 1.60. The Morgan fingerprint density at radius 3 is 3.33 bits per heavy atom. The number of nitrogens with zero attached hydrogens (tertiary/aromatic N) is 1. The van der Waals surface area contributed by atoms with Crippen molar-refractivity contribution in [3.63, 3.8) is 0 Å². The molecule has 0 aromatic carbocycles. The van der Waals surface area contributed by atoms with Gasteiger partial charge in [0.2, 0.25) is 0 Å². The zero-order valence-corrected chi connectivity index (χ0v) is 9.77. The van der Waals surface area contributed by atoms with Crippen molar-refractivity contribution in [1.82, 2.24) is 15.6 Å². The number of hydrogen-bond donors (Lipinski definition) is 2. The summed E-state index contributed by atoms with van der Waals surface area (Å²) in [7, 11) is 0. The molecular weight excluding hydrogens is 210 g/mol. The standard InChI is InChI=1S/C10H17N3OS/c1-8-13-9(7-15-8)4-12-6-10-5-11-2-3-14-10/h7,10-12H,2-6H2,1H3. The van der Waals surface area contributed by atoms with E-state index >= 15 is 0 Å². The van der Waals surface area contributed by atoms with Gasteiger partial charge < -0.3 is 15.4 Å². The van der Waals surface area contributed by atoms with E-state index < -0.39 is 0 Å². The average Bonchev–Trinajstić information content (AvgIpc) is 2.66. The zero-order chi connectivity index (χ0) is 10.5. The van der Waals surface area contributed by atoms with Crippen molar-refractivity contribution < 1.29 is 4.74 Å². The van der Waals surface area contributed by atoms with E-state index in [1.807, 2.05) is 6.92 Å². The van der Waals surface area contributed by atoms with Gasteiger partial charge in [0.25, 0.3) is 0 Å². The molecule has 0 bridgehead atoms. The van der Waals surface area contributed by atoms with Crippen molar-refractivity contribution in [3.8, 4) is 0 Å².